The SMILES string of the molecule is C=CC.[SnH4]. The molecule has 0 bridgehead atoms. The Hall–Kier alpha value is 0.539. The first-order valence-corrected chi connectivity index (χ1v) is 0.986. The molecule has 0 amide bonds. The molecule has 0 rings (SSSR count). The van der Waals surface area contributed by atoms with Crippen LogP contribution in [0.4, 0.5) is 0 Å². The molecule has 0 N–H and O–H groups in total. The van der Waals surface area contributed by atoms with Gasteiger partial charge in [0.25, 0.3) is 0 Å². The van der Waals surface area contributed by atoms with Crippen molar-refractivity contribution in [2.24, 2.45) is 0 Å². The fourth-order valence-corrected chi connectivity index (χ4v) is 0. The van der Waals surface area contributed by atoms with Gasteiger partial charge in [-0.3, -0.25) is 0 Å². The molecule has 0 saturated carbocycles. The van der Waals surface area contributed by atoms with Crippen LogP contribution in [0.1, 0.15) is 6.92 Å². The van der Waals surface area contributed by atoms with Gasteiger partial charge in [0.05, 0.1) is 0 Å². The summed E-state index contributed by atoms with van der Waals surface area (Å²) in [6.07, 6.45) is 1.75. The van der Waals surface area contributed by atoms with E-state index in [2.05, 4.69) is 6.58 Å². The molecule has 0 atom stereocenters. The van der Waals surface area contributed by atoms with Gasteiger partial charge in [-0.15, -0.1) is 6.58 Å². The zero-order valence-corrected chi connectivity index (χ0v) is 2.28. The summed E-state index contributed by atoms with van der Waals surface area (Å²) < 4.78 is 0. The van der Waals surface area contributed by atoms with Gasteiger partial charge in [-0.2, -0.15) is 0 Å². The van der Waals surface area contributed by atoms with Crippen molar-refractivity contribution in [2.45, 2.75) is 6.92 Å². The molecule has 0 aromatic heterocycles. The summed E-state index contributed by atoms with van der Waals surface area (Å²) in [4.78, 5) is 0. The van der Waals surface area contributed by atoms with E-state index < -0.39 is 0 Å². The molecule has 0 aromatic rings. The van der Waals surface area contributed by atoms with Crippen molar-refractivity contribution in [2.75, 3.05) is 0 Å². The molecular weight excluding hydrogens is 155 g/mol. The van der Waals surface area contributed by atoms with Gasteiger partial charge in [0, 0.05) is 0 Å². The number of rotatable bonds is 0. The first-order chi connectivity index (χ1) is 1.41. The average molecular weight is 165 g/mol. The van der Waals surface area contributed by atoms with Crippen LogP contribution in [0, 0.1) is 0 Å². The zero-order valence-electron chi connectivity index (χ0n) is 2.28. The van der Waals surface area contributed by atoms with Gasteiger partial charge in [-0.1, -0.05) is 6.08 Å². The van der Waals surface area contributed by atoms with Crippen molar-refractivity contribution < 1.29 is 0 Å². The summed E-state index contributed by atoms with van der Waals surface area (Å²) in [5.41, 5.74) is 0. The van der Waals surface area contributed by atoms with Crippen molar-refractivity contribution in [1.82, 2.24) is 0 Å². The zero-order chi connectivity index (χ0) is 2.71. The third-order valence-electron chi connectivity index (χ3n) is 0. The molecular formula is C3H10Sn. The maximum atomic E-state index is 3.36. The van der Waals surface area contributed by atoms with Crippen LogP contribution in [0.5, 0.6) is 0 Å². The minimum absolute atomic E-state index is 0. The molecule has 0 radical (unpaired) electrons. The van der Waals surface area contributed by atoms with E-state index in [1.807, 2.05) is 6.92 Å². The van der Waals surface area contributed by atoms with Gasteiger partial charge in [0.1, 0.15) is 0 Å². The van der Waals surface area contributed by atoms with E-state index in [4.69, 9.17) is 0 Å². The molecule has 0 unspecified atom stereocenters. The molecule has 4 heavy (non-hydrogen) atoms. The molecule has 0 nitrogen and oxygen atoms in total. The van der Waals surface area contributed by atoms with E-state index in [-0.39, 0.29) is 23.9 Å². The van der Waals surface area contributed by atoms with Crippen LogP contribution in [-0.2, 0) is 0 Å². The number of hydrogen-bond acceptors (Lipinski definition) is 0. The molecule has 0 fully saturated rings. The monoisotopic (exact) mass is 166 g/mol. The fourth-order valence-electron chi connectivity index (χ4n) is 0. The quantitative estimate of drug-likeness (QED) is 0.342. The second kappa shape index (κ2) is 9.63. The van der Waals surface area contributed by atoms with Crippen LogP contribution in [0.15, 0.2) is 12.7 Å². The van der Waals surface area contributed by atoms with Gasteiger partial charge >= 0.3 is 23.9 Å². The molecule has 0 aliphatic rings. The summed E-state index contributed by atoms with van der Waals surface area (Å²) in [5.74, 6) is 0. The van der Waals surface area contributed by atoms with E-state index >= 15 is 0 Å². The first kappa shape index (κ1) is 8.82. The molecule has 0 aliphatic carbocycles. The van der Waals surface area contributed by atoms with Crippen molar-refractivity contribution in [1.29, 1.82) is 0 Å². The third kappa shape index (κ3) is 20.7. The first-order valence-electron chi connectivity index (χ1n) is 0.986. The molecule has 0 heterocycles. The van der Waals surface area contributed by atoms with Crippen LogP contribution in [0.25, 0.3) is 0 Å². The average Bonchev–Trinajstić information content (AvgIpc) is 0.918. The van der Waals surface area contributed by atoms with Gasteiger partial charge in [-0.25, -0.2) is 0 Å². The predicted octanol–water partition coefficient (Wildman–Crippen LogP) is -0.259. The summed E-state index contributed by atoms with van der Waals surface area (Å²) in [6, 6.07) is 0. The van der Waals surface area contributed by atoms with E-state index in [1.54, 1.807) is 6.08 Å². The molecule has 0 saturated heterocycles. The normalized spacial score (nSPS) is 3.25. The number of allylic oxidation sites excluding steroid dienone is 1. The Morgan fingerprint density at radius 2 is 1.75 bits per heavy atom. The van der Waals surface area contributed by atoms with Crippen LogP contribution >= 0.6 is 0 Å². The predicted molar refractivity (Wildman–Crippen MR) is 27.2 cm³/mol. The maximum absolute atomic E-state index is 3.36. The van der Waals surface area contributed by atoms with Gasteiger partial charge in [0.15, 0.2) is 0 Å². The third-order valence-corrected chi connectivity index (χ3v) is 0. The van der Waals surface area contributed by atoms with E-state index in [0.29, 0.717) is 0 Å². The van der Waals surface area contributed by atoms with E-state index in [9.17, 15) is 0 Å². The van der Waals surface area contributed by atoms with E-state index in [0.717, 1.165) is 0 Å². The Balaban J connectivity index is 0. The van der Waals surface area contributed by atoms with Crippen molar-refractivity contribution in [3.05, 3.63) is 12.7 Å². The fraction of sp³-hybridized carbons (Fsp3) is 0.333. The second-order valence-electron chi connectivity index (χ2n) is 0.408. The topological polar surface area (TPSA) is 0 Å². The van der Waals surface area contributed by atoms with E-state index in [1.165, 1.54) is 0 Å². The van der Waals surface area contributed by atoms with Crippen LogP contribution in [-0.4, -0.2) is 23.9 Å². The Morgan fingerprint density at radius 1 is 1.75 bits per heavy atom. The molecule has 0 aliphatic heterocycles. The van der Waals surface area contributed by atoms with Gasteiger partial charge in [0.2, 0.25) is 0 Å². The summed E-state index contributed by atoms with van der Waals surface area (Å²) in [7, 11) is 0. The van der Waals surface area contributed by atoms with Crippen LogP contribution in [0.2, 0.25) is 0 Å². The Bertz CT molecular complexity index is 10.8. The van der Waals surface area contributed by atoms with Gasteiger partial charge < -0.3 is 0 Å². The summed E-state index contributed by atoms with van der Waals surface area (Å²) in [6.45, 7) is 5.25. The Kier molecular flexibility index (Phi) is 21.2. The molecule has 1 heteroatoms. The summed E-state index contributed by atoms with van der Waals surface area (Å²) in [5, 5.41) is 0. The van der Waals surface area contributed by atoms with Crippen molar-refractivity contribution in [3.8, 4) is 0 Å². The summed E-state index contributed by atoms with van der Waals surface area (Å²) >= 11 is 0. The van der Waals surface area contributed by atoms with Crippen molar-refractivity contribution >= 4 is 23.9 Å². The molecule has 0 aromatic carbocycles. The van der Waals surface area contributed by atoms with Crippen LogP contribution in [0.3, 0.4) is 0 Å². The molecule has 0 spiro atoms. The molecule has 26 valence electrons. The minimum atomic E-state index is 0. The van der Waals surface area contributed by atoms with Crippen molar-refractivity contribution in [3.63, 3.8) is 0 Å². The van der Waals surface area contributed by atoms with Crippen LogP contribution < -0.4 is 0 Å². The second-order valence-corrected chi connectivity index (χ2v) is 0.408. The standard InChI is InChI=1S/C3H6.Sn.4H/c1-3-2;;;;;/h3H,1H2,2H3;;;;;. The number of hydrogen-bond donors (Lipinski definition) is 0. The van der Waals surface area contributed by atoms with Gasteiger partial charge in [-0.05, 0) is 6.92 Å². The Morgan fingerprint density at radius 3 is 1.75 bits per heavy atom. The Labute approximate surface area is 43.9 Å².